The molecule has 37 heavy (non-hydrogen) atoms. The summed E-state index contributed by atoms with van der Waals surface area (Å²) in [5, 5.41) is 37.7. The van der Waals surface area contributed by atoms with Crippen LogP contribution in [0.15, 0.2) is 67.3 Å². The Balaban J connectivity index is 1.42. The molecule has 3 N–H and O–H groups in total. The molecule has 0 radical (unpaired) electrons. The van der Waals surface area contributed by atoms with Crippen LogP contribution in [0.3, 0.4) is 0 Å². The van der Waals surface area contributed by atoms with E-state index in [1.807, 2.05) is 39.8 Å². The molecule has 10 nitrogen and oxygen atoms in total. The maximum atomic E-state index is 10.0. The van der Waals surface area contributed by atoms with Crippen molar-refractivity contribution < 1.29 is 14.9 Å². The third-order valence-electron chi connectivity index (χ3n) is 6.53. The van der Waals surface area contributed by atoms with Crippen LogP contribution >= 0.6 is 0 Å². The molecule has 3 aromatic heterocycles. The Morgan fingerprint density at radius 3 is 2.70 bits per heavy atom. The number of nitrogens with zero attached hydrogens (tertiary/aromatic N) is 6. The fraction of sp³-hybridized carbons (Fsp3) is 0.185. The molecule has 1 fully saturated rings. The second-order valence-electron chi connectivity index (χ2n) is 8.88. The highest BCUT2D eigenvalue weighted by atomic mass is 16.5. The Hall–Kier alpha value is -4.88. The number of aromatic nitrogens is 5. The van der Waals surface area contributed by atoms with Gasteiger partial charge >= 0.3 is 0 Å². The summed E-state index contributed by atoms with van der Waals surface area (Å²) in [5.41, 5.74) is 3.58. The van der Waals surface area contributed by atoms with Crippen molar-refractivity contribution in [1.29, 1.82) is 5.26 Å². The Kier molecular flexibility index (Phi) is 5.67. The molecule has 0 spiro atoms. The lowest BCUT2D eigenvalue weighted by Gasteiger charge is -2.22. The summed E-state index contributed by atoms with van der Waals surface area (Å²) >= 11 is 0. The van der Waals surface area contributed by atoms with Crippen LogP contribution in [0.5, 0.6) is 11.5 Å². The van der Waals surface area contributed by atoms with Crippen molar-refractivity contribution in [2.45, 2.75) is 18.9 Å². The number of rotatable bonds is 5. The molecule has 10 heteroatoms. The van der Waals surface area contributed by atoms with Gasteiger partial charge in [-0.25, -0.2) is 4.98 Å². The Labute approximate surface area is 212 Å². The van der Waals surface area contributed by atoms with E-state index in [2.05, 4.69) is 21.5 Å². The average Bonchev–Trinajstić information content (AvgIpc) is 3.59. The van der Waals surface area contributed by atoms with Crippen LogP contribution in [0.1, 0.15) is 24.4 Å². The Morgan fingerprint density at radius 2 is 1.89 bits per heavy atom. The summed E-state index contributed by atoms with van der Waals surface area (Å²) in [6, 6.07) is 14.3. The van der Waals surface area contributed by atoms with Gasteiger partial charge in [-0.05, 0) is 49.2 Å². The number of fused-ring (bicyclic) bond motifs is 1. The molecule has 0 unspecified atom stereocenters. The molecule has 6 rings (SSSR count). The molecule has 0 aliphatic carbocycles. The molecule has 1 saturated heterocycles. The molecule has 4 heterocycles. The van der Waals surface area contributed by atoms with Gasteiger partial charge in [0.15, 0.2) is 11.5 Å². The molecule has 0 amide bonds. The van der Waals surface area contributed by atoms with Crippen LogP contribution in [0.4, 0.5) is 11.5 Å². The van der Waals surface area contributed by atoms with Crippen molar-refractivity contribution in [3.63, 3.8) is 0 Å². The average molecular weight is 494 g/mol. The highest BCUT2D eigenvalue weighted by molar-refractivity contribution is 5.83. The van der Waals surface area contributed by atoms with Crippen LogP contribution < -0.4 is 5.32 Å². The largest absolute Gasteiger partial charge is 0.504 e. The van der Waals surface area contributed by atoms with E-state index >= 15 is 0 Å². The fourth-order valence-corrected chi connectivity index (χ4v) is 4.55. The lowest BCUT2D eigenvalue weighted by Crippen LogP contribution is -2.19. The van der Waals surface area contributed by atoms with Gasteiger partial charge in [-0.3, -0.25) is 9.25 Å². The zero-order chi connectivity index (χ0) is 25.4. The third-order valence-corrected chi connectivity index (χ3v) is 6.53. The van der Waals surface area contributed by atoms with Crippen LogP contribution in [0.2, 0.25) is 0 Å². The van der Waals surface area contributed by atoms with Crippen LogP contribution in [0.25, 0.3) is 28.0 Å². The van der Waals surface area contributed by atoms with Gasteiger partial charge in [-0.2, -0.15) is 15.3 Å². The number of hydrogen-bond donors (Lipinski definition) is 3. The predicted molar refractivity (Wildman–Crippen MR) is 137 cm³/mol. The summed E-state index contributed by atoms with van der Waals surface area (Å²) in [4.78, 5) is 9.47. The molecule has 2 aromatic carbocycles. The quantitative estimate of drug-likeness (QED) is 0.238. The zero-order valence-corrected chi connectivity index (χ0v) is 19.7. The van der Waals surface area contributed by atoms with Gasteiger partial charge in [0.25, 0.3) is 0 Å². The first kappa shape index (κ1) is 22.6. The molecule has 5 aromatic rings. The molecular weight excluding hydrogens is 470 g/mol. The Morgan fingerprint density at radius 1 is 1.03 bits per heavy atom. The topological polar surface area (TPSA) is 134 Å². The summed E-state index contributed by atoms with van der Waals surface area (Å²) in [6.45, 7) is 1.44. The number of phenolic OH excluding ortho intramolecular Hbond substituents is 2. The van der Waals surface area contributed by atoms with E-state index in [1.165, 1.54) is 12.1 Å². The number of ether oxygens (including phenoxy) is 1. The molecule has 0 bridgehead atoms. The summed E-state index contributed by atoms with van der Waals surface area (Å²) in [6.07, 6.45) is 9.20. The first-order valence-electron chi connectivity index (χ1n) is 11.9. The number of nitriles is 1. The Bertz CT molecular complexity index is 1640. The molecule has 1 aliphatic heterocycles. The predicted octanol–water partition coefficient (Wildman–Crippen LogP) is 4.66. The number of phenols is 2. The van der Waals surface area contributed by atoms with E-state index in [1.54, 1.807) is 24.5 Å². The van der Waals surface area contributed by atoms with Gasteiger partial charge in [0.2, 0.25) is 5.95 Å². The number of hydrogen-bond acceptors (Lipinski definition) is 8. The highest BCUT2D eigenvalue weighted by Crippen LogP contribution is 2.34. The highest BCUT2D eigenvalue weighted by Gasteiger charge is 2.19. The van der Waals surface area contributed by atoms with Gasteiger partial charge in [-0.1, -0.05) is 0 Å². The first-order chi connectivity index (χ1) is 18.1. The smallest absolute Gasteiger partial charge is 0.236 e. The lowest BCUT2D eigenvalue weighted by atomic mass is 10.1. The van der Waals surface area contributed by atoms with Gasteiger partial charge in [0.1, 0.15) is 5.82 Å². The second-order valence-corrected chi connectivity index (χ2v) is 8.88. The second kappa shape index (κ2) is 9.29. The van der Waals surface area contributed by atoms with Crippen LogP contribution in [0, 0.1) is 11.3 Å². The summed E-state index contributed by atoms with van der Waals surface area (Å²) in [5.74, 6) is 0.503. The summed E-state index contributed by atoms with van der Waals surface area (Å²) in [7, 11) is 0. The normalized spacial score (nSPS) is 14.0. The van der Waals surface area contributed by atoms with E-state index in [0.29, 0.717) is 23.0 Å². The minimum absolute atomic E-state index is 0.206. The van der Waals surface area contributed by atoms with E-state index in [-0.39, 0.29) is 17.5 Å². The van der Waals surface area contributed by atoms with Crippen molar-refractivity contribution >= 4 is 22.4 Å². The number of nitrogens with one attached hydrogen (secondary N) is 1. The van der Waals surface area contributed by atoms with Crippen molar-refractivity contribution in [2.24, 2.45) is 0 Å². The van der Waals surface area contributed by atoms with E-state index < -0.39 is 0 Å². The van der Waals surface area contributed by atoms with Gasteiger partial charge in [0.05, 0.1) is 29.4 Å². The van der Waals surface area contributed by atoms with Crippen molar-refractivity contribution in [2.75, 3.05) is 18.5 Å². The van der Waals surface area contributed by atoms with Crippen molar-refractivity contribution in [3.05, 3.63) is 72.8 Å². The first-order valence-corrected chi connectivity index (χ1v) is 11.9. The standard InChI is InChI=1S/C27H23N7O3/c28-13-17-1-3-23-18(11-17)5-8-33(23)27-29-15-22(19-14-30-34(16-19)21-6-9-37-10-7-21)26(32-27)31-20-2-4-24(35)25(36)12-20/h1-5,8,11-12,14-16,21,35-36H,6-7,9-10H2,(H,29,31,32). The third kappa shape index (κ3) is 4.32. The maximum absolute atomic E-state index is 10.0. The van der Waals surface area contributed by atoms with E-state index in [9.17, 15) is 15.5 Å². The van der Waals surface area contributed by atoms with E-state index in [4.69, 9.17) is 9.72 Å². The minimum atomic E-state index is -0.238. The van der Waals surface area contributed by atoms with Crippen molar-refractivity contribution in [1.82, 2.24) is 24.3 Å². The van der Waals surface area contributed by atoms with Gasteiger partial charge in [-0.15, -0.1) is 0 Å². The molecule has 0 saturated carbocycles. The van der Waals surface area contributed by atoms with Gasteiger partial charge in [0, 0.05) is 60.1 Å². The minimum Gasteiger partial charge on any atom is -0.504 e. The monoisotopic (exact) mass is 493 g/mol. The number of anilines is 2. The maximum Gasteiger partial charge on any atom is 0.236 e. The zero-order valence-electron chi connectivity index (χ0n) is 19.7. The lowest BCUT2D eigenvalue weighted by molar-refractivity contribution is 0.0662. The molecule has 1 aliphatic rings. The molecular formula is C27H23N7O3. The number of benzene rings is 2. The van der Waals surface area contributed by atoms with Gasteiger partial charge < -0.3 is 20.3 Å². The SMILES string of the molecule is N#Cc1ccc2c(ccn2-c2ncc(-c3cnn(C4CCOCC4)c3)c(Nc3ccc(O)c(O)c3)n2)c1. The van der Waals surface area contributed by atoms with Crippen molar-refractivity contribution in [3.8, 4) is 34.6 Å². The molecule has 0 atom stereocenters. The van der Waals surface area contributed by atoms with Crippen LogP contribution in [-0.4, -0.2) is 47.7 Å². The number of aromatic hydroxyl groups is 2. The van der Waals surface area contributed by atoms with E-state index in [0.717, 1.165) is 48.1 Å². The fourth-order valence-electron chi connectivity index (χ4n) is 4.55. The summed E-state index contributed by atoms with van der Waals surface area (Å²) < 4.78 is 9.30. The van der Waals surface area contributed by atoms with Crippen LogP contribution in [-0.2, 0) is 4.74 Å². The molecule has 184 valence electrons.